The Labute approximate surface area is 259 Å². The van der Waals surface area contributed by atoms with Crippen LogP contribution in [-0.2, 0) is 38.2 Å². The quantitative estimate of drug-likeness (QED) is 0.0589. The molecule has 0 aliphatic rings. The third-order valence-corrected chi connectivity index (χ3v) is 8.24. The number of ether oxygens (including phenoxy) is 2. The maximum Gasteiger partial charge on any atom is 0.318 e. The number of methoxy groups -OCH3 is 1. The second kappa shape index (κ2) is 22.4. The molecule has 4 N–H and O–H groups in total. The smallest absolute Gasteiger partial charge is 0.318 e. The first kappa shape index (κ1) is 37.9. The Bertz CT molecular complexity index is 1050. The summed E-state index contributed by atoms with van der Waals surface area (Å²) in [5.74, 6) is -5.75. The number of ketones is 1. The summed E-state index contributed by atoms with van der Waals surface area (Å²) in [5, 5.41) is 17.8. The lowest BCUT2D eigenvalue weighted by molar-refractivity contribution is -0.152. The minimum atomic E-state index is -1.26. The highest BCUT2D eigenvalue weighted by Gasteiger charge is 2.31. The van der Waals surface area contributed by atoms with Crippen molar-refractivity contribution in [3.63, 3.8) is 0 Å². The fourth-order valence-electron chi connectivity index (χ4n) is 3.57. The first-order chi connectivity index (χ1) is 20.6. The maximum atomic E-state index is 13.3. The largest absolute Gasteiger partial charge is 0.481 e. The van der Waals surface area contributed by atoms with Gasteiger partial charge in [-0.1, -0.05) is 23.8 Å². The summed E-state index contributed by atoms with van der Waals surface area (Å²) in [5.41, 5.74) is 0. The third-order valence-electron chi connectivity index (χ3n) is 6.01. The van der Waals surface area contributed by atoms with Crippen LogP contribution < -0.4 is 16.0 Å². The number of carbonyl (C=O) groups excluding carboxylic acids is 5. The number of pyridine rings is 1. The van der Waals surface area contributed by atoms with E-state index in [0.717, 1.165) is 5.03 Å². The molecule has 0 radical (unpaired) electrons. The maximum absolute atomic E-state index is 13.3. The molecule has 1 rings (SSSR count). The second-order valence-electron chi connectivity index (χ2n) is 9.50. The van der Waals surface area contributed by atoms with Crippen LogP contribution in [0.15, 0.2) is 29.4 Å². The van der Waals surface area contributed by atoms with E-state index < -0.39 is 53.8 Å². The van der Waals surface area contributed by atoms with Crippen LogP contribution in [0.25, 0.3) is 0 Å². The highest BCUT2D eigenvalue weighted by molar-refractivity contribution is 8.76. The van der Waals surface area contributed by atoms with Gasteiger partial charge < -0.3 is 30.5 Å². The van der Waals surface area contributed by atoms with Crippen molar-refractivity contribution in [2.45, 2.75) is 63.4 Å². The van der Waals surface area contributed by atoms with Gasteiger partial charge in [0, 0.05) is 57.3 Å². The molecule has 1 aromatic rings. The van der Waals surface area contributed by atoms with Crippen molar-refractivity contribution in [3.05, 3.63) is 24.4 Å². The molecular formula is C28H42N4O9S2. The minimum Gasteiger partial charge on any atom is -0.481 e. The van der Waals surface area contributed by atoms with E-state index in [9.17, 15) is 28.8 Å². The first-order valence-electron chi connectivity index (χ1n) is 14.0. The molecule has 1 aromatic heterocycles. The van der Waals surface area contributed by atoms with Crippen LogP contribution in [-0.4, -0.2) is 90.7 Å². The zero-order valence-corrected chi connectivity index (χ0v) is 26.4. The van der Waals surface area contributed by atoms with Crippen LogP contribution in [0.4, 0.5) is 0 Å². The molecule has 0 bridgehead atoms. The van der Waals surface area contributed by atoms with E-state index in [4.69, 9.17) is 14.6 Å². The Hall–Kier alpha value is -3.17. The van der Waals surface area contributed by atoms with Crippen LogP contribution in [0.3, 0.4) is 0 Å². The Morgan fingerprint density at radius 2 is 1.77 bits per heavy atom. The van der Waals surface area contributed by atoms with Crippen molar-refractivity contribution in [3.8, 4) is 0 Å². The zero-order chi connectivity index (χ0) is 32.0. The number of nitrogens with zero attached hydrogens (tertiary/aromatic N) is 1. The average Bonchev–Trinajstić information content (AvgIpc) is 2.99. The lowest BCUT2D eigenvalue weighted by Gasteiger charge is -2.22. The molecule has 15 heteroatoms. The fourth-order valence-corrected chi connectivity index (χ4v) is 5.28. The van der Waals surface area contributed by atoms with Gasteiger partial charge in [0.25, 0.3) is 0 Å². The number of nitrogens with one attached hydrogen (secondary N) is 3. The monoisotopic (exact) mass is 642 g/mol. The van der Waals surface area contributed by atoms with Gasteiger partial charge in [0.15, 0.2) is 5.78 Å². The van der Waals surface area contributed by atoms with Crippen molar-refractivity contribution >= 4 is 57.0 Å². The first-order valence-corrected chi connectivity index (χ1v) is 16.4. The van der Waals surface area contributed by atoms with Gasteiger partial charge in [-0.2, -0.15) is 0 Å². The summed E-state index contributed by atoms with van der Waals surface area (Å²) in [6, 6.07) is 4.26. The summed E-state index contributed by atoms with van der Waals surface area (Å²) in [6.45, 7) is 4.25. The van der Waals surface area contributed by atoms with Gasteiger partial charge in [0.05, 0.1) is 12.6 Å². The molecule has 0 aliphatic heterocycles. The predicted molar refractivity (Wildman–Crippen MR) is 162 cm³/mol. The van der Waals surface area contributed by atoms with Gasteiger partial charge in [0.2, 0.25) is 17.7 Å². The van der Waals surface area contributed by atoms with Gasteiger partial charge >= 0.3 is 11.9 Å². The van der Waals surface area contributed by atoms with Gasteiger partial charge in [-0.3, -0.25) is 28.8 Å². The molecule has 0 aromatic carbocycles. The van der Waals surface area contributed by atoms with Gasteiger partial charge in [-0.05, 0) is 49.1 Å². The standard InChI is InChI=1S/C28H42N4O9S2/c1-4-12-31-27(38)20(8-10-23(34)29-14-15-40-3)18-22(33)21(9-11-25(35)36)32-26(37)19(2)28(39)41-16-17-42-43-24-7-5-6-13-30-24/h5-7,13,19-21H,4,8-12,14-18H2,1-3H3,(H,29,34)(H,31,38)(H,32,37)(H,35,36). The third kappa shape index (κ3) is 16.9. The molecular weight excluding hydrogens is 600 g/mol. The number of amides is 3. The van der Waals surface area contributed by atoms with Gasteiger partial charge in [0.1, 0.15) is 17.6 Å². The molecule has 43 heavy (non-hydrogen) atoms. The molecule has 0 aliphatic carbocycles. The summed E-state index contributed by atoms with van der Waals surface area (Å²) in [4.78, 5) is 78.9. The van der Waals surface area contributed by atoms with E-state index in [-0.39, 0.29) is 38.2 Å². The lowest BCUT2D eigenvalue weighted by atomic mass is 9.91. The molecule has 0 saturated heterocycles. The highest BCUT2D eigenvalue weighted by atomic mass is 33.1. The Kier molecular flexibility index (Phi) is 19.7. The van der Waals surface area contributed by atoms with Gasteiger partial charge in [-0.15, -0.1) is 0 Å². The number of carbonyl (C=O) groups is 6. The van der Waals surface area contributed by atoms with E-state index in [1.807, 2.05) is 19.1 Å². The SMILES string of the molecule is CCCNC(=O)C(CCC(=O)NCCOC)CC(=O)C(CCC(=O)O)NC(=O)C(C)C(=O)OCCSSc1ccccn1. The fraction of sp³-hybridized carbons (Fsp3) is 0.607. The van der Waals surface area contributed by atoms with Crippen molar-refractivity contribution in [2.24, 2.45) is 11.8 Å². The molecule has 13 nitrogen and oxygen atoms in total. The summed E-state index contributed by atoms with van der Waals surface area (Å²) < 4.78 is 10.1. The average molecular weight is 643 g/mol. The van der Waals surface area contributed by atoms with Crippen LogP contribution >= 0.6 is 21.6 Å². The number of aromatic nitrogens is 1. The van der Waals surface area contributed by atoms with E-state index in [1.54, 1.807) is 12.3 Å². The van der Waals surface area contributed by atoms with Crippen molar-refractivity contribution in [1.82, 2.24) is 20.9 Å². The highest BCUT2D eigenvalue weighted by Crippen LogP contribution is 2.28. The molecule has 0 fully saturated rings. The molecule has 0 saturated carbocycles. The van der Waals surface area contributed by atoms with Gasteiger partial charge in [-0.25, -0.2) is 4.98 Å². The second-order valence-corrected chi connectivity index (χ2v) is 11.9. The lowest BCUT2D eigenvalue weighted by Crippen LogP contribution is -2.46. The number of hydrogen-bond acceptors (Lipinski definition) is 11. The van der Waals surface area contributed by atoms with Crippen LogP contribution in [0.5, 0.6) is 0 Å². The van der Waals surface area contributed by atoms with Crippen molar-refractivity contribution < 1.29 is 43.3 Å². The van der Waals surface area contributed by atoms with Crippen LogP contribution in [0.1, 0.15) is 52.4 Å². The molecule has 240 valence electrons. The summed E-state index contributed by atoms with van der Waals surface area (Å²) in [6.07, 6.45) is 1.41. The van der Waals surface area contributed by atoms with E-state index >= 15 is 0 Å². The molecule has 3 unspecified atom stereocenters. The van der Waals surface area contributed by atoms with Crippen molar-refractivity contribution in [2.75, 3.05) is 39.2 Å². The zero-order valence-electron chi connectivity index (χ0n) is 24.8. The van der Waals surface area contributed by atoms with Crippen LogP contribution in [0.2, 0.25) is 0 Å². The molecule has 1 heterocycles. The molecule has 0 spiro atoms. The Morgan fingerprint density at radius 3 is 2.42 bits per heavy atom. The molecule has 3 atom stereocenters. The summed E-state index contributed by atoms with van der Waals surface area (Å²) >= 11 is 0. The van der Waals surface area contributed by atoms with E-state index in [1.165, 1.54) is 35.6 Å². The van der Waals surface area contributed by atoms with Crippen LogP contribution in [0, 0.1) is 11.8 Å². The van der Waals surface area contributed by atoms with Crippen molar-refractivity contribution in [1.29, 1.82) is 0 Å². The normalized spacial score (nSPS) is 12.8. The number of rotatable bonds is 23. The number of carboxylic acid groups (broad SMARTS) is 1. The number of esters is 1. The van der Waals surface area contributed by atoms with E-state index in [0.29, 0.717) is 31.9 Å². The predicted octanol–water partition coefficient (Wildman–Crippen LogP) is 2.00. The summed E-state index contributed by atoms with van der Waals surface area (Å²) in [7, 11) is 4.35. The molecule has 3 amide bonds. The number of aliphatic carboxylic acids is 1. The number of hydrogen-bond donors (Lipinski definition) is 4. The topological polar surface area (TPSA) is 190 Å². The number of Topliss-reactive ketones (excluding diaryl/α,β-unsaturated/α-hetero) is 1. The minimum absolute atomic E-state index is 0.0190. The van der Waals surface area contributed by atoms with E-state index in [2.05, 4.69) is 20.9 Å². The Morgan fingerprint density at radius 1 is 1.00 bits per heavy atom. The Balaban J connectivity index is 2.76. The number of carboxylic acids is 1.